The van der Waals surface area contributed by atoms with Gasteiger partial charge in [-0.15, -0.1) is 11.8 Å². The maximum atomic E-state index is 12.3. The number of ether oxygens (including phenoxy) is 2. The lowest BCUT2D eigenvalue weighted by atomic mass is 9.71. The van der Waals surface area contributed by atoms with Crippen LogP contribution in [-0.4, -0.2) is 26.2 Å². The summed E-state index contributed by atoms with van der Waals surface area (Å²) < 4.78 is 11.2. The summed E-state index contributed by atoms with van der Waals surface area (Å²) in [5.41, 5.74) is 4.06. The summed E-state index contributed by atoms with van der Waals surface area (Å²) in [6.45, 7) is 4.20. The largest absolute Gasteiger partial charge is 0.491 e. The summed E-state index contributed by atoms with van der Waals surface area (Å²) in [7, 11) is 1.42. The van der Waals surface area contributed by atoms with Gasteiger partial charge in [-0.2, -0.15) is 0 Å². The Morgan fingerprint density at radius 1 is 1.15 bits per heavy atom. The van der Waals surface area contributed by atoms with Gasteiger partial charge in [-0.25, -0.2) is 4.79 Å². The molecule has 0 amide bonds. The highest BCUT2D eigenvalue weighted by atomic mass is 35.5. The van der Waals surface area contributed by atoms with Crippen molar-refractivity contribution >= 4 is 23.3 Å². The van der Waals surface area contributed by atoms with Crippen molar-refractivity contribution in [1.29, 1.82) is 0 Å². The van der Waals surface area contributed by atoms with E-state index in [1.165, 1.54) is 31.1 Å². The molecule has 4 nitrogen and oxygen atoms in total. The highest BCUT2D eigenvalue weighted by molar-refractivity contribution is 6.30. The summed E-state index contributed by atoms with van der Waals surface area (Å²) in [6.07, 6.45) is 6.37. The fourth-order valence-corrected chi connectivity index (χ4v) is 5.02. The first-order chi connectivity index (χ1) is 16.1. The Balaban J connectivity index is 1.73. The number of carbonyl (C=O) groups excluding carboxylic acids is 1. The van der Waals surface area contributed by atoms with Gasteiger partial charge in [0.15, 0.2) is 0 Å². The van der Waals surface area contributed by atoms with Crippen molar-refractivity contribution < 1.29 is 14.3 Å². The number of halogens is 1. The molecule has 1 heterocycles. The average Bonchev–Trinajstić information content (AvgIpc) is 2.84. The van der Waals surface area contributed by atoms with E-state index in [0.29, 0.717) is 24.0 Å². The second kappa shape index (κ2) is 11.0. The maximum Gasteiger partial charge on any atom is 0.337 e. The normalized spacial score (nSPS) is 20.0. The number of carbonyl (C=O) groups is 1. The molecule has 2 aromatic carbocycles. The number of esters is 1. The van der Waals surface area contributed by atoms with Crippen molar-refractivity contribution in [3.05, 3.63) is 58.1 Å². The second-order valence-corrected chi connectivity index (χ2v) is 9.44. The van der Waals surface area contributed by atoms with Crippen LogP contribution in [0.5, 0.6) is 5.75 Å². The van der Waals surface area contributed by atoms with Crippen LogP contribution >= 0.6 is 11.6 Å². The minimum Gasteiger partial charge on any atom is -0.491 e. The molecule has 0 aromatic heterocycles. The molecule has 0 bridgehead atoms. The standard InChI is InChI=1S/C28H32ClNO3/c1-3-4-7-20-9-10-23(20)18-30-19-24-11-13-25(29)16-21(24)8-5-6-15-33-27-14-12-22(17-26(27)30)28(31)32-2/h11-14,16-17,20,23H,5-10,15,18-19H2,1-2H3/t20-,23+/m1/s1. The Kier molecular flexibility index (Phi) is 7.83. The molecule has 1 aliphatic carbocycles. The fourth-order valence-electron chi connectivity index (χ4n) is 4.83. The lowest BCUT2D eigenvalue weighted by Crippen LogP contribution is -2.38. The topological polar surface area (TPSA) is 38.8 Å². The first-order valence-corrected chi connectivity index (χ1v) is 12.2. The van der Waals surface area contributed by atoms with Gasteiger partial charge in [0, 0.05) is 24.5 Å². The van der Waals surface area contributed by atoms with Crippen molar-refractivity contribution in [2.24, 2.45) is 11.8 Å². The number of nitrogens with zero attached hydrogens (tertiary/aromatic N) is 1. The molecule has 1 fully saturated rings. The van der Waals surface area contributed by atoms with E-state index >= 15 is 0 Å². The summed E-state index contributed by atoms with van der Waals surface area (Å²) >= 11 is 6.35. The Hall–Kier alpha value is -2.64. The van der Waals surface area contributed by atoms with Crippen LogP contribution in [0.25, 0.3) is 0 Å². The molecule has 33 heavy (non-hydrogen) atoms. The van der Waals surface area contributed by atoms with E-state index in [1.54, 1.807) is 6.07 Å². The fraction of sp³-hybridized carbons (Fsp3) is 0.464. The van der Waals surface area contributed by atoms with Gasteiger partial charge in [0.05, 0.1) is 25.0 Å². The van der Waals surface area contributed by atoms with Crippen LogP contribution in [-0.2, 0) is 17.7 Å². The third-order valence-corrected chi connectivity index (χ3v) is 7.15. The number of rotatable bonds is 4. The van der Waals surface area contributed by atoms with E-state index in [-0.39, 0.29) is 5.97 Å². The molecule has 1 saturated carbocycles. The number of aryl methyl sites for hydroxylation is 1. The van der Waals surface area contributed by atoms with Crippen LogP contribution in [0, 0.1) is 23.7 Å². The van der Waals surface area contributed by atoms with Gasteiger partial charge in [-0.05, 0) is 92.3 Å². The minimum absolute atomic E-state index is 0.334. The van der Waals surface area contributed by atoms with Crippen molar-refractivity contribution in [2.45, 2.75) is 52.0 Å². The average molecular weight is 466 g/mol. The predicted molar refractivity (Wildman–Crippen MR) is 133 cm³/mol. The van der Waals surface area contributed by atoms with E-state index in [9.17, 15) is 4.79 Å². The molecule has 4 rings (SSSR count). The zero-order valence-corrected chi connectivity index (χ0v) is 20.3. The van der Waals surface area contributed by atoms with Gasteiger partial charge in [0.1, 0.15) is 5.75 Å². The first kappa shape index (κ1) is 23.5. The molecule has 2 aliphatic rings. The van der Waals surface area contributed by atoms with Crippen molar-refractivity contribution in [2.75, 3.05) is 25.2 Å². The van der Waals surface area contributed by atoms with Crippen LogP contribution in [0.2, 0.25) is 5.02 Å². The van der Waals surface area contributed by atoms with Gasteiger partial charge in [-0.3, -0.25) is 0 Å². The first-order valence-electron chi connectivity index (χ1n) is 11.9. The molecule has 0 unspecified atom stereocenters. The number of fused-ring (bicyclic) bond motifs is 2. The molecule has 0 N–H and O–H groups in total. The molecule has 0 spiro atoms. The second-order valence-electron chi connectivity index (χ2n) is 9.00. The lowest BCUT2D eigenvalue weighted by molar-refractivity contribution is 0.0600. The Morgan fingerprint density at radius 2 is 2.00 bits per heavy atom. The Morgan fingerprint density at radius 3 is 2.76 bits per heavy atom. The maximum absolute atomic E-state index is 12.3. The monoisotopic (exact) mass is 465 g/mol. The highest BCUT2D eigenvalue weighted by Gasteiger charge is 2.32. The number of hydrogen-bond acceptors (Lipinski definition) is 4. The van der Waals surface area contributed by atoms with Crippen LogP contribution < -0.4 is 9.64 Å². The van der Waals surface area contributed by atoms with Crippen molar-refractivity contribution in [3.8, 4) is 17.6 Å². The van der Waals surface area contributed by atoms with Gasteiger partial charge < -0.3 is 14.4 Å². The van der Waals surface area contributed by atoms with Crippen molar-refractivity contribution in [1.82, 2.24) is 0 Å². The Bertz CT molecular complexity index is 1050. The van der Waals surface area contributed by atoms with Gasteiger partial charge in [0.2, 0.25) is 0 Å². The van der Waals surface area contributed by atoms with E-state index in [4.69, 9.17) is 21.1 Å². The van der Waals surface area contributed by atoms with Crippen LogP contribution in [0.1, 0.15) is 60.5 Å². The lowest BCUT2D eigenvalue weighted by Gasteiger charge is -2.40. The smallest absolute Gasteiger partial charge is 0.337 e. The van der Waals surface area contributed by atoms with Gasteiger partial charge in [0.25, 0.3) is 0 Å². The molecule has 2 atom stereocenters. The number of benzene rings is 2. The zero-order valence-electron chi connectivity index (χ0n) is 19.5. The number of anilines is 1. The predicted octanol–water partition coefficient (Wildman–Crippen LogP) is 6.29. The summed E-state index contributed by atoms with van der Waals surface area (Å²) in [5.74, 6) is 7.99. The molecule has 1 aliphatic heterocycles. The number of methoxy groups -OCH3 is 1. The van der Waals surface area contributed by atoms with E-state index in [2.05, 4.69) is 28.9 Å². The van der Waals surface area contributed by atoms with Crippen LogP contribution in [0.3, 0.4) is 0 Å². The van der Waals surface area contributed by atoms with Gasteiger partial charge >= 0.3 is 5.97 Å². The van der Waals surface area contributed by atoms with Crippen molar-refractivity contribution in [3.63, 3.8) is 0 Å². The molecule has 174 valence electrons. The molecule has 5 heteroatoms. The Labute approximate surface area is 202 Å². The summed E-state index contributed by atoms with van der Waals surface area (Å²) in [6, 6.07) is 11.9. The minimum atomic E-state index is -0.334. The molecule has 0 radical (unpaired) electrons. The molecule has 2 aromatic rings. The molecule has 0 saturated heterocycles. The summed E-state index contributed by atoms with van der Waals surface area (Å²) in [5, 5.41) is 0.775. The van der Waals surface area contributed by atoms with Gasteiger partial charge in [-0.1, -0.05) is 17.7 Å². The van der Waals surface area contributed by atoms with E-state index < -0.39 is 0 Å². The molecular formula is C28H32ClNO3. The van der Waals surface area contributed by atoms with E-state index in [1.807, 2.05) is 25.1 Å². The highest BCUT2D eigenvalue weighted by Crippen LogP contribution is 2.40. The van der Waals surface area contributed by atoms with E-state index in [0.717, 1.165) is 55.2 Å². The SMILES string of the molecule is CC#CC[C@@H]1CC[C@H]1CN1Cc2ccc(Cl)cc2CCCCOc2ccc(C(=O)OC)cc21. The summed E-state index contributed by atoms with van der Waals surface area (Å²) in [4.78, 5) is 14.7. The number of hydrogen-bond donors (Lipinski definition) is 0. The third kappa shape index (κ3) is 5.65. The van der Waals surface area contributed by atoms with Crippen LogP contribution in [0.4, 0.5) is 5.69 Å². The third-order valence-electron chi connectivity index (χ3n) is 6.92. The molecular weight excluding hydrogens is 434 g/mol. The zero-order chi connectivity index (χ0) is 23.2. The van der Waals surface area contributed by atoms with Crippen LogP contribution in [0.15, 0.2) is 36.4 Å². The quantitative estimate of drug-likeness (QED) is 0.393.